The molecule has 7 nitrogen and oxygen atoms in total. The van der Waals surface area contributed by atoms with Gasteiger partial charge in [0.15, 0.2) is 5.69 Å². The van der Waals surface area contributed by atoms with Crippen molar-refractivity contribution in [2.75, 3.05) is 19.6 Å². The Morgan fingerprint density at radius 1 is 1.38 bits per heavy atom. The van der Waals surface area contributed by atoms with E-state index in [2.05, 4.69) is 15.5 Å². The monoisotopic (exact) mass is 328 g/mol. The zero-order valence-electron chi connectivity index (χ0n) is 13.3. The predicted octanol–water partition coefficient (Wildman–Crippen LogP) is 0.666. The van der Waals surface area contributed by atoms with Crippen LogP contribution in [-0.2, 0) is 4.79 Å². The van der Waals surface area contributed by atoms with Gasteiger partial charge in [-0.3, -0.25) is 14.7 Å². The molecule has 3 heterocycles. The van der Waals surface area contributed by atoms with E-state index in [1.165, 1.54) is 0 Å². The number of amides is 2. The van der Waals surface area contributed by atoms with Gasteiger partial charge in [-0.25, -0.2) is 0 Å². The highest BCUT2D eigenvalue weighted by atomic mass is 16.3. The van der Waals surface area contributed by atoms with Crippen molar-refractivity contribution in [3.63, 3.8) is 0 Å². The molecule has 24 heavy (non-hydrogen) atoms. The summed E-state index contributed by atoms with van der Waals surface area (Å²) >= 11 is 0. The van der Waals surface area contributed by atoms with Gasteiger partial charge in [-0.15, -0.1) is 0 Å². The van der Waals surface area contributed by atoms with Crippen molar-refractivity contribution in [2.24, 2.45) is 5.41 Å². The van der Waals surface area contributed by atoms with Crippen molar-refractivity contribution in [3.05, 3.63) is 30.0 Å². The van der Waals surface area contributed by atoms with Crippen LogP contribution in [0.15, 0.2) is 24.3 Å². The van der Waals surface area contributed by atoms with Crippen LogP contribution in [-0.4, -0.2) is 57.8 Å². The summed E-state index contributed by atoms with van der Waals surface area (Å²) in [5.41, 5.74) is 0.287. The predicted molar refractivity (Wildman–Crippen MR) is 87.3 cm³/mol. The number of aliphatic hydroxyl groups is 1. The topological polar surface area (TPSA) is 98.3 Å². The summed E-state index contributed by atoms with van der Waals surface area (Å²) < 4.78 is 0. The number of nitrogens with one attached hydrogen (secondary N) is 2. The molecule has 7 heteroatoms. The Labute approximate surface area is 139 Å². The maximum absolute atomic E-state index is 12.9. The Morgan fingerprint density at radius 2 is 2.21 bits per heavy atom. The Kier molecular flexibility index (Phi) is 3.53. The zero-order chi connectivity index (χ0) is 16.7. The van der Waals surface area contributed by atoms with Crippen LogP contribution in [0.25, 0.3) is 10.9 Å². The van der Waals surface area contributed by atoms with Gasteiger partial charge in [-0.05, 0) is 25.3 Å². The Hall–Kier alpha value is -2.41. The fourth-order valence-corrected chi connectivity index (χ4v) is 3.89. The molecular formula is C17H20N4O3. The highest BCUT2D eigenvalue weighted by Crippen LogP contribution is 2.37. The minimum atomic E-state index is -0.891. The lowest BCUT2D eigenvalue weighted by atomic mass is 9.71. The van der Waals surface area contributed by atoms with Crippen LogP contribution in [0.2, 0.25) is 0 Å². The number of piperidine rings is 2. The van der Waals surface area contributed by atoms with Gasteiger partial charge in [0.25, 0.3) is 5.91 Å². The SMILES string of the molecule is O=C(c1n[nH]c2ccccc12)N1CC[C@H](O)[C@@]2(CCCNC2=O)C1. The number of nitrogens with zero attached hydrogens (tertiary/aromatic N) is 2. The molecule has 1 aromatic carbocycles. The van der Waals surface area contributed by atoms with Crippen LogP contribution in [0.5, 0.6) is 0 Å². The summed E-state index contributed by atoms with van der Waals surface area (Å²) in [5, 5.41) is 21.1. The molecule has 1 aromatic heterocycles. The number of carbonyl (C=O) groups is 2. The summed E-state index contributed by atoms with van der Waals surface area (Å²) in [6.07, 6.45) is 1.11. The number of hydrogen-bond donors (Lipinski definition) is 3. The summed E-state index contributed by atoms with van der Waals surface area (Å²) in [4.78, 5) is 27.0. The number of para-hydroxylation sites is 1. The highest BCUT2D eigenvalue weighted by Gasteiger charge is 2.50. The Bertz CT molecular complexity index is 802. The molecule has 3 N–H and O–H groups in total. The van der Waals surface area contributed by atoms with Gasteiger partial charge in [0.05, 0.1) is 17.0 Å². The van der Waals surface area contributed by atoms with Gasteiger partial charge in [0.1, 0.15) is 0 Å². The lowest BCUT2D eigenvalue weighted by Crippen LogP contribution is -2.62. The van der Waals surface area contributed by atoms with Crippen molar-refractivity contribution in [1.29, 1.82) is 0 Å². The van der Waals surface area contributed by atoms with Crippen molar-refractivity contribution in [3.8, 4) is 0 Å². The molecule has 0 bridgehead atoms. The normalized spacial score (nSPS) is 27.5. The molecular weight excluding hydrogens is 308 g/mol. The molecule has 0 radical (unpaired) electrons. The molecule has 0 unspecified atom stereocenters. The average Bonchev–Trinajstić information content (AvgIpc) is 3.03. The van der Waals surface area contributed by atoms with E-state index in [0.717, 1.165) is 17.3 Å². The summed E-state index contributed by atoms with van der Waals surface area (Å²) in [5.74, 6) is -0.345. The number of hydrogen-bond acceptors (Lipinski definition) is 4. The van der Waals surface area contributed by atoms with Gasteiger partial charge >= 0.3 is 0 Å². The van der Waals surface area contributed by atoms with Gasteiger partial charge in [-0.2, -0.15) is 5.10 Å². The lowest BCUT2D eigenvalue weighted by Gasteiger charge is -2.46. The van der Waals surface area contributed by atoms with Gasteiger partial charge < -0.3 is 15.3 Å². The van der Waals surface area contributed by atoms with Gasteiger partial charge in [0, 0.05) is 25.0 Å². The second-order valence-corrected chi connectivity index (χ2v) is 6.66. The number of likely N-dealkylation sites (tertiary alicyclic amines) is 1. The first-order chi connectivity index (χ1) is 11.6. The zero-order valence-corrected chi connectivity index (χ0v) is 13.3. The minimum absolute atomic E-state index is 0.148. The summed E-state index contributed by atoms with van der Waals surface area (Å²) in [6.45, 7) is 1.29. The fourth-order valence-electron chi connectivity index (χ4n) is 3.89. The molecule has 0 aliphatic carbocycles. The number of aromatic nitrogens is 2. The Balaban J connectivity index is 1.64. The third-order valence-corrected chi connectivity index (χ3v) is 5.28. The first-order valence-electron chi connectivity index (χ1n) is 8.30. The lowest BCUT2D eigenvalue weighted by molar-refractivity contribution is -0.147. The number of aliphatic hydroxyl groups excluding tert-OH is 1. The average molecular weight is 328 g/mol. The number of benzene rings is 1. The van der Waals surface area contributed by atoms with Crippen molar-refractivity contribution in [2.45, 2.75) is 25.4 Å². The first-order valence-corrected chi connectivity index (χ1v) is 8.30. The van der Waals surface area contributed by atoms with E-state index in [4.69, 9.17) is 0 Å². The summed E-state index contributed by atoms with van der Waals surface area (Å²) in [7, 11) is 0. The molecule has 0 saturated carbocycles. The van der Waals surface area contributed by atoms with Crippen LogP contribution in [0.4, 0.5) is 0 Å². The second kappa shape index (κ2) is 5.59. The van der Waals surface area contributed by atoms with E-state index in [9.17, 15) is 14.7 Å². The van der Waals surface area contributed by atoms with Crippen LogP contribution < -0.4 is 5.32 Å². The van der Waals surface area contributed by atoms with Gasteiger partial charge in [-0.1, -0.05) is 18.2 Å². The third kappa shape index (κ3) is 2.19. The van der Waals surface area contributed by atoms with Crippen molar-refractivity contribution in [1.82, 2.24) is 20.4 Å². The molecule has 4 rings (SSSR count). The van der Waals surface area contributed by atoms with Gasteiger partial charge in [0.2, 0.25) is 5.91 Å². The van der Waals surface area contributed by atoms with E-state index in [1.807, 2.05) is 24.3 Å². The molecule has 2 fully saturated rings. The largest absolute Gasteiger partial charge is 0.392 e. The molecule has 2 aliphatic rings. The van der Waals surface area contributed by atoms with E-state index in [1.54, 1.807) is 4.90 Å². The van der Waals surface area contributed by atoms with Crippen LogP contribution in [0.3, 0.4) is 0 Å². The van der Waals surface area contributed by atoms with E-state index < -0.39 is 11.5 Å². The van der Waals surface area contributed by atoms with E-state index >= 15 is 0 Å². The smallest absolute Gasteiger partial charge is 0.275 e. The first kappa shape index (κ1) is 15.1. The van der Waals surface area contributed by atoms with Crippen LogP contribution >= 0.6 is 0 Å². The maximum Gasteiger partial charge on any atom is 0.275 e. The number of fused-ring (bicyclic) bond motifs is 1. The molecule has 2 aliphatic heterocycles. The van der Waals surface area contributed by atoms with Crippen LogP contribution in [0, 0.1) is 5.41 Å². The fraction of sp³-hybridized carbons (Fsp3) is 0.471. The molecule has 2 saturated heterocycles. The molecule has 2 amide bonds. The maximum atomic E-state index is 12.9. The molecule has 2 atom stereocenters. The molecule has 126 valence electrons. The molecule has 1 spiro atoms. The number of rotatable bonds is 1. The van der Waals surface area contributed by atoms with Crippen molar-refractivity contribution >= 4 is 22.7 Å². The van der Waals surface area contributed by atoms with E-state index in [-0.39, 0.29) is 18.4 Å². The highest BCUT2D eigenvalue weighted by molar-refractivity contribution is 6.04. The number of aromatic amines is 1. The quantitative estimate of drug-likeness (QED) is 0.716. The second-order valence-electron chi connectivity index (χ2n) is 6.66. The number of H-pyrrole nitrogens is 1. The number of carbonyl (C=O) groups excluding carboxylic acids is 2. The molecule has 2 aromatic rings. The summed E-state index contributed by atoms with van der Waals surface area (Å²) in [6, 6.07) is 7.47. The minimum Gasteiger partial charge on any atom is -0.392 e. The standard InChI is InChI=1S/C17H20N4O3/c22-13-6-9-21(10-17(13)7-3-8-18-16(17)24)15(23)14-11-4-1-2-5-12(11)19-20-14/h1-2,4-5,13,22H,3,6-10H2,(H,18,24)(H,19,20)/t13-,17+/m0/s1. The third-order valence-electron chi connectivity index (χ3n) is 5.28. The Morgan fingerprint density at radius 3 is 3.04 bits per heavy atom. The van der Waals surface area contributed by atoms with Crippen LogP contribution in [0.1, 0.15) is 29.8 Å². The van der Waals surface area contributed by atoms with Crippen molar-refractivity contribution < 1.29 is 14.7 Å². The van der Waals surface area contributed by atoms with E-state index in [0.29, 0.717) is 31.6 Å².